The molecule has 0 aliphatic carbocycles. The molecule has 0 amide bonds. The zero-order valence-electron chi connectivity index (χ0n) is 11.3. The molecule has 110 valence electrons. The highest BCUT2D eigenvalue weighted by Crippen LogP contribution is 2.27. The van der Waals surface area contributed by atoms with Crippen LogP contribution in [0.15, 0.2) is 28.7 Å². The lowest BCUT2D eigenvalue weighted by Crippen LogP contribution is -2.45. The van der Waals surface area contributed by atoms with E-state index in [4.69, 9.17) is 0 Å². The van der Waals surface area contributed by atoms with Crippen LogP contribution in [0.3, 0.4) is 0 Å². The van der Waals surface area contributed by atoms with E-state index in [1.165, 1.54) is 31.5 Å². The SMILES string of the molecule is CCC[C@@H](c1ccc(Br)cc1)N1CCNCC1.Cl.Cl. The fourth-order valence-electron chi connectivity index (χ4n) is 2.51. The van der Waals surface area contributed by atoms with Crippen molar-refractivity contribution >= 4 is 40.7 Å². The summed E-state index contributed by atoms with van der Waals surface area (Å²) in [6.45, 7) is 6.85. The molecule has 1 N–H and O–H groups in total. The van der Waals surface area contributed by atoms with E-state index < -0.39 is 0 Å². The number of halogens is 3. The molecular formula is C14H23BrCl2N2. The van der Waals surface area contributed by atoms with Gasteiger partial charge in [-0.15, -0.1) is 24.8 Å². The number of nitrogens with zero attached hydrogens (tertiary/aromatic N) is 1. The highest BCUT2D eigenvalue weighted by Gasteiger charge is 2.20. The van der Waals surface area contributed by atoms with Gasteiger partial charge in [0.25, 0.3) is 0 Å². The number of piperazine rings is 1. The van der Waals surface area contributed by atoms with Crippen molar-refractivity contribution in [2.45, 2.75) is 25.8 Å². The second-order valence-electron chi connectivity index (χ2n) is 4.64. The number of rotatable bonds is 4. The number of nitrogens with one attached hydrogen (secondary N) is 1. The van der Waals surface area contributed by atoms with Crippen LogP contribution in [0.4, 0.5) is 0 Å². The quantitative estimate of drug-likeness (QED) is 0.861. The van der Waals surface area contributed by atoms with E-state index in [0.29, 0.717) is 6.04 Å². The maximum absolute atomic E-state index is 3.51. The van der Waals surface area contributed by atoms with Crippen molar-refractivity contribution < 1.29 is 0 Å². The van der Waals surface area contributed by atoms with Crippen LogP contribution in [0.1, 0.15) is 31.4 Å². The van der Waals surface area contributed by atoms with E-state index in [2.05, 4.69) is 57.3 Å². The minimum absolute atomic E-state index is 0. The Morgan fingerprint density at radius 3 is 2.26 bits per heavy atom. The second-order valence-corrected chi connectivity index (χ2v) is 5.56. The lowest BCUT2D eigenvalue weighted by Gasteiger charge is -2.35. The maximum atomic E-state index is 3.51. The van der Waals surface area contributed by atoms with E-state index in [0.717, 1.165) is 17.6 Å². The molecule has 1 aromatic carbocycles. The van der Waals surface area contributed by atoms with E-state index in [-0.39, 0.29) is 24.8 Å². The molecule has 1 atom stereocenters. The Bertz CT molecular complexity index is 340. The Labute approximate surface area is 137 Å². The average molecular weight is 370 g/mol. The van der Waals surface area contributed by atoms with Gasteiger partial charge < -0.3 is 5.32 Å². The van der Waals surface area contributed by atoms with Crippen LogP contribution < -0.4 is 5.32 Å². The second kappa shape index (κ2) is 10.0. The summed E-state index contributed by atoms with van der Waals surface area (Å²) in [4.78, 5) is 2.61. The maximum Gasteiger partial charge on any atom is 0.0349 e. The van der Waals surface area contributed by atoms with Gasteiger partial charge in [-0.25, -0.2) is 0 Å². The summed E-state index contributed by atoms with van der Waals surface area (Å²) >= 11 is 3.51. The molecular weight excluding hydrogens is 347 g/mol. The first-order valence-electron chi connectivity index (χ1n) is 6.51. The Balaban J connectivity index is 0.00000162. The zero-order valence-corrected chi connectivity index (χ0v) is 14.5. The van der Waals surface area contributed by atoms with Crippen LogP contribution in [0.2, 0.25) is 0 Å². The molecule has 0 saturated carbocycles. The number of hydrogen-bond donors (Lipinski definition) is 1. The molecule has 1 aromatic rings. The molecule has 0 spiro atoms. The van der Waals surface area contributed by atoms with Crippen molar-refractivity contribution in [2.75, 3.05) is 26.2 Å². The van der Waals surface area contributed by atoms with E-state index >= 15 is 0 Å². The smallest absolute Gasteiger partial charge is 0.0349 e. The Kier molecular flexibility index (Phi) is 10.1. The van der Waals surface area contributed by atoms with Crippen LogP contribution >= 0.6 is 40.7 Å². The number of hydrogen-bond acceptors (Lipinski definition) is 2. The fraction of sp³-hybridized carbons (Fsp3) is 0.571. The topological polar surface area (TPSA) is 15.3 Å². The van der Waals surface area contributed by atoms with Crippen LogP contribution in [-0.2, 0) is 0 Å². The normalized spacial score (nSPS) is 17.2. The standard InChI is InChI=1S/C14H21BrN2.2ClH/c1-2-3-14(17-10-8-16-9-11-17)12-4-6-13(15)7-5-12;;/h4-7,14,16H,2-3,8-11H2,1H3;2*1H/t14-;;/m0../s1. The molecule has 1 heterocycles. The molecule has 2 rings (SSSR count). The third-order valence-corrected chi connectivity index (χ3v) is 3.94. The Hall–Kier alpha value is 0.200. The summed E-state index contributed by atoms with van der Waals surface area (Å²) in [5.41, 5.74) is 1.46. The van der Waals surface area contributed by atoms with Crippen LogP contribution in [0.25, 0.3) is 0 Å². The molecule has 1 aliphatic heterocycles. The van der Waals surface area contributed by atoms with E-state index in [9.17, 15) is 0 Å². The molecule has 1 fully saturated rings. The lowest BCUT2D eigenvalue weighted by molar-refractivity contribution is 0.164. The third kappa shape index (κ3) is 5.60. The van der Waals surface area contributed by atoms with Gasteiger partial charge in [0, 0.05) is 36.7 Å². The van der Waals surface area contributed by atoms with Crippen molar-refractivity contribution in [3.63, 3.8) is 0 Å². The summed E-state index contributed by atoms with van der Waals surface area (Å²) in [6.07, 6.45) is 2.49. The largest absolute Gasteiger partial charge is 0.314 e. The Morgan fingerprint density at radius 1 is 1.16 bits per heavy atom. The zero-order chi connectivity index (χ0) is 12.1. The molecule has 2 nitrogen and oxygen atoms in total. The van der Waals surface area contributed by atoms with Gasteiger partial charge in [0.15, 0.2) is 0 Å². The van der Waals surface area contributed by atoms with Gasteiger partial charge in [-0.1, -0.05) is 41.4 Å². The lowest BCUT2D eigenvalue weighted by atomic mass is 10.00. The first-order valence-corrected chi connectivity index (χ1v) is 7.31. The molecule has 0 radical (unpaired) electrons. The first kappa shape index (κ1) is 19.2. The van der Waals surface area contributed by atoms with Crippen molar-refractivity contribution in [3.8, 4) is 0 Å². The number of benzene rings is 1. The van der Waals surface area contributed by atoms with Gasteiger partial charge in [0.2, 0.25) is 0 Å². The molecule has 19 heavy (non-hydrogen) atoms. The minimum atomic E-state index is 0. The predicted octanol–water partition coefficient (Wildman–Crippen LogP) is 4.04. The summed E-state index contributed by atoms with van der Waals surface area (Å²) in [7, 11) is 0. The average Bonchev–Trinajstić information content (AvgIpc) is 2.38. The first-order chi connectivity index (χ1) is 8.31. The van der Waals surface area contributed by atoms with Gasteiger partial charge in [-0.3, -0.25) is 4.90 Å². The van der Waals surface area contributed by atoms with Crippen LogP contribution in [-0.4, -0.2) is 31.1 Å². The van der Waals surface area contributed by atoms with Gasteiger partial charge in [-0.2, -0.15) is 0 Å². The van der Waals surface area contributed by atoms with Crippen molar-refractivity contribution in [3.05, 3.63) is 34.3 Å². The highest BCUT2D eigenvalue weighted by atomic mass is 79.9. The molecule has 0 unspecified atom stereocenters. The summed E-state index contributed by atoms with van der Waals surface area (Å²) in [5.74, 6) is 0. The van der Waals surface area contributed by atoms with E-state index in [1.807, 2.05) is 0 Å². The van der Waals surface area contributed by atoms with Gasteiger partial charge in [0.05, 0.1) is 0 Å². The molecule has 1 saturated heterocycles. The minimum Gasteiger partial charge on any atom is -0.314 e. The molecule has 0 aromatic heterocycles. The summed E-state index contributed by atoms with van der Waals surface area (Å²) < 4.78 is 1.16. The van der Waals surface area contributed by atoms with Gasteiger partial charge >= 0.3 is 0 Å². The van der Waals surface area contributed by atoms with Crippen molar-refractivity contribution in [1.82, 2.24) is 10.2 Å². The monoisotopic (exact) mass is 368 g/mol. The fourth-order valence-corrected chi connectivity index (χ4v) is 2.78. The molecule has 5 heteroatoms. The van der Waals surface area contributed by atoms with Crippen molar-refractivity contribution in [1.29, 1.82) is 0 Å². The van der Waals surface area contributed by atoms with Crippen molar-refractivity contribution in [2.24, 2.45) is 0 Å². The molecule has 0 bridgehead atoms. The van der Waals surface area contributed by atoms with E-state index in [1.54, 1.807) is 0 Å². The summed E-state index contributed by atoms with van der Waals surface area (Å²) in [6, 6.07) is 9.41. The predicted molar refractivity (Wildman–Crippen MR) is 90.7 cm³/mol. The third-order valence-electron chi connectivity index (χ3n) is 3.41. The Morgan fingerprint density at radius 2 is 1.74 bits per heavy atom. The highest BCUT2D eigenvalue weighted by molar-refractivity contribution is 9.10. The molecule has 1 aliphatic rings. The van der Waals surface area contributed by atoms with Gasteiger partial charge in [0.1, 0.15) is 0 Å². The van der Waals surface area contributed by atoms with Crippen LogP contribution in [0, 0.1) is 0 Å². The summed E-state index contributed by atoms with van der Waals surface area (Å²) in [5, 5.41) is 3.42. The van der Waals surface area contributed by atoms with Gasteiger partial charge in [-0.05, 0) is 24.1 Å². The van der Waals surface area contributed by atoms with Crippen LogP contribution in [0.5, 0.6) is 0 Å².